The fourth-order valence-electron chi connectivity index (χ4n) is 5.20. The van der Waals surface area contributed by atoms with Crippen LogP contribution in [0.3, 0.4) is 0 Å². The summed E-state index contributed by atoms with van der Waals surface area (Å²) in [6.07, 6.45) is 1.83. The Morgan fingerprint density at radius 1 is 0.955 bits per heavy atom. The first-order chi connectivity index (χ1) is 21.2. The standard InChI is InChI=1S/C36H38N2O5S/c1-7-41-29-20-24(14-19-28(29)43-23(5)6)21-30-34(39)38-33(27-17-15-25(16-18-27)22(3)4)31(35(40)42-8-2)32(37-36(38)44-30)26-12-10-9-11-13-26/h9-23,33H,7-8H2,1-6H3/b30-21-/t33-/m0/s1. The predicted octanol–water partition coefficient (Wildman–Crippen LogP) is 6.24. The smallest absolute Gasteiger partial charge is 0.338 e. The third-order valence-electron chi connectivity index (χ3n) is 7.22. The van der Waals surface area contributed by atoms with Gasteiger partial charge in [-0.15, -0.1) is 0 Å². The number of hydrogen-bond acceptors (Lipinski definition) is 7. The number of carbonyl (C=O) groups is 1. The maximum absolute atomic E-state index is 14.2. The molecule has 0 radical (unpaired) electrons. The van der Waals surface area contributed by atoms with E-state index in [1.807, 2.05) is 87.5 Å². The van der Waals surface area contributed by atoms with Crippen molar-refractivity contribution in [2.75, 3.05) is 13.2 Å². The highest BCUT2D eigenvalue weighted by atomic mass is 32.1. The molecule has 0 spiro atoms. The highest BCUT2D eigenvalue weighted by Gasteiger charge is 2.35. The summed E-state index contributed by atoms with van der Waals surface area (Å²) in [5.41, 5.74) is 4.15. The Bertz CT molecular complexity index is 1850. The molecule has 7 nitrogen and oxygen atoms in total. The molecule has 0 fully saturated rings. The molecular weight excluding hydrogens is 572 g/mol. The van der Waals surface area contributed by atoms with Crippen LogP contribution in [0.1, 0.15) is 75.8 Å². The molecule has 5 rings (SSSR count). The van der Waals surface area contributed by atoms with E-state index >= 15 is 0 Å². The number of thiazole rings is 1. The summed E-state index contributed by atoms with van der Waals surface area (Å²) in [5.74, 6) is 1.10. The predicted molar refractivity (Wildman–Crippen MR) is 175 cm³/mol. The Morgan fingerprint density at radius 2 is 1.68 bits per heavy atom. The molecule has 8 heteroatoms. The fraction of sp³-hybridized carbons (Fsp3) is 0.306. The number of rotatable bonds is 10. The zero-order chi connectivity index (χ0) is 31.4. The zero-order valence-corrected chi connectivity index (χ0v) is 26.8. The van der Waals surface area contributed by atoms with Gasteiger partial charge >= 0.3 is 5.97 Å². The number of ether oxygens (including phenoxy) is 3. The molecule has 1 aromatic heterocycles. The molecule has 2 heterocycles. The molecule has 1 aliphatic rings. The topological polar surface area (TPSA) is 79.1 Å². The van der Waals surface area contributed by atoms with Gasteiger partial charge in [-0.05, 0) is 68.5 Å². The summed E-state index contributed by atoms with van der Waals surface area (Å²) in [7, 11) is 0. The summed E-state index contributed by atoms with van der Waals surface area (Å²) in [6.45, 7) is 12.6. The average molecular weight is 611 g/mol. The monoisotopic (exact) mass is 610 g/mol. The van der Waals surface area contributed by atoms with Gasteiger partial charge in [-0.2, -0.15) is 0 Å². The fourth-order valence-corrected chi connectivity index (χ4v) is 6.21. The van der Waals surface area contributed by atoms with Crippen molar-refractivity contribution in [1.82, 2.24) is 4.57 Å². The number of hydrogen-bond donors (Lipinski definition) is 0. The lowest BCUT2D eigenvalue weighted by molar-refractivity contribution is -0.138. The van der Waals surface area contributed by atoms with Crippen LogP contribution in [0.5, 0.6) is 11.5 Å². The minimum absolute atomic E-state index is 0.00856. The largest absolute Gasteiger partial charge is 0.490 e. The number of carbonyl (C=O) groups excluding carboxylic acids is 1. The Labute approximate surface area is 261 Å². The number of benzene rings is 3. The van der Waals surface area contributed by atoms with Crippen LogP contribution in [0, 0.1) is 0 Å². The number of aromatic nitrogens is 1. The summed E-state index contributed by atoms with van der Waals surface area (Å²) in [5, 5.41) is 0. The van der Waals surface area contributed by atoms with Crippen molar-refractivity contribution >= 4 is 29.1 Å². The van der Waals surface area contributed by atoms with Gasteiger partial charge in [0.25, 0.3) is 5.56 Å². The van der Waals surface area contributed by atoms with Crippen LogP contribution in [-0.2, 0) is 9.53 Å². The van der Waals surface area contributed by atoms with E-state index in [4.69, 9.17) is 19.2 Å². The average Bonchev–Trinajstić information content (AvgIpc) is 3.32. The summed E-state index contributed by atoms with van der Waals surface area (Å²) in [4.78, 5) is 33.3. The van der Waals surface area contributed by atoms with E-state index in [1.54, 1.807) is 11.5 Å². The first kappa shape index (κ1) is 31.0. The molecule has 4 aromatic rings. The summed E-state index contributed by atoms with van der Waals surface area (Å²) < 4.78 is 19.5. The van der Waals surface area contributed by atoms with E-state index in [2.05, 4.69) is 26.0 Å². The lowest BCUT2D eigenvalue weighted by Crippen LogP contribution is -2.40. The quantitative estimate of drug-likeness (QED) is 0.199. The van der Waals surface area contributed by atoms with Crippen molar-refractivity contribution in [3.8, 4) is 11.5 Å². The molecule has 0 saturated carbocycles. The molecule has 0 N–H and O–H groups in total. The minimum Gasteiger partial charge on any atom is -0.490 e. The van der Waals surface area contributed by atoms with Crippen molar-refractivity contribution < 1.29 is 19.0 Å². The van der Waals surface area contributed by atoms with Gasteiger partial charge in [-0.1, -0.05) is 85.8 Å². The van der Waals surface area contributed by atoms with Gasteiger partial charge in [0.15, 0.2) is 16.3 Å². The van der Waals surface area contributed by atoms with Crippen LogP contribution in [0.4, 0.5) is 0 Å². The van der Waals surface area contributed by atoms with Gasteiger partial charge in [-0.25, -0.2) is 9.79 Å². The highest BCUT2D eigenvalue weighted by Crippen LogP contribution is 2.36. The SMILES string of the molecule is CCOC(=O)C1=C(c2ccccc2)N=c2s/c(=C\c3ccc(OC(C)C)c(OCC)c3)c(=O)n2[C@H]1c1ccc(C(C)C)cc1. The highest BCUT2D eigenvalue weighted by molar-refractivity contribution is 7.07. The van der Waals surface area contributed by atoms with Crippen LogP contribution in [0.25, 0.3) is 11.8 Å². The molecule has 0 unspecified atom stereocenters. The maximum atomic E-state index is 14.2. The van der Waals surface area contributed by atoms with Crippen LogP contribution in [0.15, 0.2) is 88.2 Å². The minimum atomic E-state index is -0.718. The van der Waals surface area contributed by atoms with E-state index in [0.717, 1.165) is 16.7 Å². The van der Waals surface area contributed by atoms with E-state index < -0.39 is 12.0 Å². The molecule has 1 aliphatic heterocycles. The van der Waals surface area contributed by atoms with Crippen molar-refractivity contribution in [3.63, 3.8) is 0 Å². The molecule has 44 heavy (non-hydrogen) atoms. The Hall–Kier alpha value is -4.43. The van der Waals surface area contributed by atoms with E-state index in [9.17, 15) is 9.59 Å². The second-order valence-corrected chi connectivity index (χ2v) is 12.1. The van der Waals surface area contributed by atoms with Crippen LogP contribution >= 0.6 is 11.3 Å². The normalized spacial score (nSPS) is 14.9. The molecule has 0 saturated heterocycles. The third kappa shape index (κ3) is 6.40. The Kier molecular flexibility index (Phi) is 9.49. The van der Waals surface area contributed by atoms with Crippen molar-refractivity contribution in [1.29, 1.82) is 0 Å². The van der Waals surface area contributed by atoms with Gasteiger partial charge in [0.1, 0.15) is 0 Å². The van der Waals surface area contributed by atoms with Gasteiger partial charge in [0.05, 0.1) is 41.2 Å². The molecule has 1 atom stereocenters. The number of esters is 1. The first-order valence-electron chi connectivity index (χ1n) is 15.0. The third-order valence-corrected chi connectivity index (χ3v) is 8.20. The number of nitrogens with zero attached hydrogens (tertiary/aromatic N) is 2. The van der Waals surface area contributed by atoms with Gasteiger partial charge in [-0.3, -0.25) is 9.36 Å². The van der Waals surface area contributed by atoms with E-state index in [-0.39, 0.29) is 18.3 Å². The van der Waals surface area contributed by atoms with Crippen molar-refractivity contribution in [3.05, 3.63) is 120 Å². The molecule has 0 aliphatic carbocycles. The van der Waals surface area contributed by atoms with Crippen LogP contribution in [-0.4, -0.2) is 29.9 Å². The van der Waals surface area contributed by atoms with E-state index in [0.29, 0.717) is 44.6 Å². The molecule has 3 aromatic carbocycles. The summed E-state index contributed by atoms with van der Waals surface area (Å²) in [6, 6.07) is 22.6. The van der Waals surface area contributed by atoms with Gasteiger partial charge in [0.2, 0.25) is 0 Å². The number of fused-ring (bicyclic) bond motifs is 1. The lowest BCUT2D eigenvalue weighted by Gasteiger charge is -2.26. The summed E-state index contributed by atoms with van der Waals surface area (Å²) >= 11 is 1.29. The second-order valence-electron chi connectivity index (χ2n) is 11.1. The van der Waals surface area contributed by atoms with Crippen LogP contribution in [0.2, 0.25) is 0 Å². The van der Waals surface area contributed by atoms with Gasteiger partial charge in [0, 0.05) is 5.56 Å². The van der Waals surface area contributed by atoms with Crippen molar-refractivity contribution in [2.45, 2.75) is 59.6 Å². The second kappa shape index (κ2) is 13.5. The van der Waals surface area contributed by atoms with Crippen LogP contribution < -0.4 is 24.4 Å². The lowest BCUT2D eigenvalue weighted by atomic mass is 9.91. The maximum Gasteiger partial charge on any atom is 0.338 e. The molecule has 0 amide bonds. The molecule has 228 valence electrons. The van der Waals surface area contributed by atoms with Gasteiger partial charge < -0.3 is 14.2 Å². The first-order valence-corrected chi connectivity index (χ1v) is 15.8. The molecular formula is C36H38N2O5S. The Balaban J connectivity index is 1.75. The van der Waals surface area contributed by atoms with E-state index in [1.165, 1.54) is 16.9 Å². The molecule has 0 bridgehead atoms. The van der Waals surface area contributed by atoms with Crippen molar-refractivity contribution in [2.24, 2.45) is 4.99 Å². The zero-order valence-electron chi connectivity index (χ0n) is 26.0. The Morgan fingerprint density at radius 3 is 2.32 bits per heavy atom.